The van der Waals surface area contributed by atoms with Crippen LogP contribution in [-0.2, 0) is 20.7 Å². The quantitative estimate of drug-likeness (QED) is 0.541. The summed E-state index contributed by atoms with van der Waals surface area (Å²) in [6, 6.07) is 5.65. The third-order valence-corrected chi connectivity index (χ3v) is 3.55. The van der Waals surface area contributed by atoms with Gasteiger partial charge in [0, 0.05) is 20.3 Å². The number of aryl methyl sites for hydroxylation is 1. The molecular formula is C16H21NO4. The number of ketones is 1. The first-order valence-corrected chi connectivity index (χ1v) is 7.24. The van der Waals surface area contributed by atoms with Crippen LogP contribution in [0.2, 0.25) is 0 Å². The summed E-state index contributed by atoms with van der Waals surface area (Å²) in [5.74, 6) is -0.837. The van der Waals surface area contributed by atoms with Crippen molar-refractivity contribution in [1.29, 1.82) is 0 Å². The van der Waals surface area contributed by atoms with Gasteiger partial charge in [-0.2, -0.15) is 0 Å². The van der Waals surface area contributed by atoms with E-state index >= 15 is 0 Å². The van der Waals surface area contributed by atoms with Gasteiger partial charge in [0.25, 0.3) is 11.7 Å². The zero-order chi connectivity index (χ0) is 15.2. The van der Waals surface area contributed by atoms with Crippen LogP contribution in [0.15, 0.2) is 18.2 Å². The van der Waals surface area contributed by atoms with E-state index in [1.807, 2.05) is 25.1 Å². The van der Waals surface area contributed by atoms with Gasteiger partial charge in [-0.3, -0.25) is 9.59 Å². The van der Waals surface area contributed by atoms with E-state index in [9.17, 15) is 9.59 Å². The van der Waals surface area contributed by atoms with Gasteiger partial charge in [-0.25, -0.2) is 0 Å². The highest BCUT2D eigenvalue weighted by Crippen LogP contribution is 2.30. The summed E-state index contributed by atoms with van der Waals surface area (Å²) in [5, 5.41) is 0. The number of benzene rings is 1. The standard InChI is InChI=1S/C16H21NO4/c1-3-12-5-6-14-13(11-12)15(18)16(19)17(14)7-4-8-21-10-9-20-2/h5-6,11H,3-4,7-10H2,1-2H3. The molecule has 0 aliphatic carbocycles. The van der Waals surface area contributed by atoms with Crippen molar-refractivity contribution in [2.75, 3.05) is 38.4 Å². The maximum Gasteiger partial charge on any atom is 0.299 e. The van der Waals surface area contributed by atoms with Crippen molar-refractivity contribution >= 4 is 17.4 Å². The third-order valence-electron chi connectivity index (χ3n) is 3.55. The number of amides is 1. The molecule has 0 saturated heterocycles. The molecule has 0 aromatic heterocycles. The molecule has 0 unspecified atom stereocenters. The van der Waals surface area contributed by atoms with E-state index in [0.29, 0.717) is 38.3 Å². The molecule has 1 aromatic rings. The molecule has 21 heavy (non-hydrogen) atoms. The predicted octanol–water partition coefficient (Wildman–Crippen LogP) is 1.83. The molecule has 0 bridgehead atoms. The molecule has 0 N–H and O–H groups in total. The first-order valence-electron chi connectivity index (χ1n) is 7.24. The number of ether oxygens (including phenoxy) is 2. The molecule has 1 aliphatic heterocycles. The second-order valence-corrected chi connectivity index (χ2v) is 4.95. The Kier molecular flexibility index (Phi) is 5.47. The lowest BCUT2D eigenvalue weighted by molar-refractivity contribution is -0.114. The van der Waals surface area contributed by atoms with E-state index in [1.165, 1.54) is 0 Å². The molecule has 2 rings (SSSR count). The largest absolute Gasteiger partial charge is 0.382 e. The highest BCUT2D eigenvalue weighted by atomic mass is 16.5. The average Bonchev–Trinajstić information content (AvgIpc) is 2.75. The van der Waals surface area contributed by atoms with E-state index < -0.39 is 11.7 Å². The summed E-state index contributed by atoms with van der Waals surface area (Å²) in [6.07, 6.45) is 1.54. The molecule has 1 aromatic carbocycles. The molecule has 5 heteroatoms. The van der Waals surface area contributed by atoms with Crippen LogP contribution in [0.4, 0.5) is 5.69 Å². The second-order valence-electron chi connectivity index (χ2n) is 4.95. The Balaban J connectivity index is 1.96. The first-order chi connectivity index (χ1) is 10.2. The summed E-state index contributed by atoms with van der Waals surface area (Å²) in [5.41, 5.74) is 2.32. The molecule has 0 saturated carbocycles. The van der Waals surface area contributed by atoms with Crippen molar-refractivity contribution in [3.05, 3.63) is 29.3 Å². The first kappa shape index (κ1) is 15.7. The van der Waals surface area contributed by atoms with Crippen molar-refractivity contribution < 1.29 is 19.1 Å². The number of nitrogens with zero attached hydrogens (tertiary/aromatic N) is 1. The van der Waals surface area contributed by atoms with E-state index in [4.69, 9.17) is 9.47 Å². The number of fused-ring (bicyclic) bond motifs is 1. The van der Waals surface area contributed by atoms with Crippen molar-refractivity contribution in [1.82, 2.24) is 0 Å². The van der Waals surface area contributed by atoms with Gasteiger partial charge in [-0.1, -0.05) is 13.0 Å². The van der Waals surface area contributed by atoms with Crippen LogP contribution in [0.1, 0.15) is 29.3 Å². The summed E-state index contributed by atoms with van der Waals surface area (Å²) >= 11 is 0. The van der Waals surface area contributed by atoms with Crippen LogP contribution < -0.4 is 4.90 Å². The van der Waals surface area contributed by atoms with Gasteiger partial charge in [0.15, 0.2) is 0 Å². The van der Waals surface area contributed by atoms with E-state index in [2.05, 4.69) is 0 Å². The lowest BCUT2D eigenvalue weighted by Crippen LogP contribution is -2.31. The average molecular weight is 291 g/mol. The van der Waals surface area contributed by atoms with Gasteiger partial charge < -0.3 is 14.4 Å². The monoisotopic (exact) mass is 291 g/mol. The normalized spacial score (nSPS) is 13.9. The predicted molar refractivity (Wildman–Crippen MR) is 79.8 cm³/mol. The summed E-state index contributed by atoms with van der Waals surface area (Å²) < 4.78 is 10.3. The molecule has 0 radical (unpaired) electrons. The van der Waals surface area contributed by atoms with E-state index in [0.717, 1.165) is 17.7 Å². The van der Waals surface area contributed by atoms with Crippen LogP contribution >= 0.6 is 0 Å². The zero-order valence-corrected chi connectivity index (χ0v) is 12.6. The molecule has 0 spiro atoms. The number of methoxy groups -OCH3 is 1. The Morgan fingerprint density at radius 2 is 1.95 bits per heavy atom. The van der Waals surface area contributed by atoms with Crippen molar-refractivity contribution in [3.63, 3.8) is 0 Å². The number of carbonyl (C=O) groups is 2. The molecule has 114 valence electrons. The van der Waals surface area contributed by atoms with E-state index in [1.54, 1.807) is 12.0 Å². The summed E-state index contributed by atoms with van der Waals surface area (Å²) in [7, 11) is 1.62. The topological polar surface area (TPSA) is 55.8 Å². The van der Waals surface area contributed by atoms with Crippen LogP contribution in [0, 0.1) is 0 Å². The van der Waals surface area contributed by atoms with Crippen molar-refractivity contribution in [3.8, 4) is 0 Å². The number of anilines is 1. The lowest BCUT2D eigenvalue weighted by atomic mass is 10.1. The maximum absolute atomic E-state index is 12.0. The Morgan fingerprint density at radius 1 is 1.14 bits per heavy atom. The minimum absolute atomic E-state index is 0.402. The van der Waals surface area contributed by atoms with Crippen LogP contribution in [0.5, 0.6) is 0 Å². The van der Waals surface area contributed by atoms with Crippen LogP contribution in [0.3, 0.4) is 0 Å². The molecule has 1 aliphatic rings. The maximum atomic E-state index is 12.0. The Morgan fingerprint density at radius 3 is 2.67 bits per heavy atom. The Hall–Kier alpha value is -1.72. The van der Waals surface area contributed by atoms with E-state index in [-0.39, 0.29) is 0 Å². The molecule has 5 nitrogen and oxygen atoms in total. The fraction of sp³-hybridized carbons (Fsp3) is 0.500. The molecule has 0 atom stereocenters. The molecule has 0 fully saturated rings. The minimum Gasteiger partial charge on any atom is -0.382 e. The van der Waals surface area contributed by atoms with Gasteiger partial charge in [0.05, 0.1) is 24.5 Å². The third kappa shape index (κ3) is 3.49. The van der Waals surface area contributed by atoms with Gasteiger partial charge >= 0.3 is 0 Å². The van der Waals surface area contributed by atoms with Crippen LogP contribution in [0.25, 0.3) is 0 Å². The fourth-order valence-electron chi connectivity index (χ4n) is 2.36. The number of hydrogen-bond donors (Lipinski definition) is 0. The van der Waals surface area contributed by atoms with Crippen molar-refractivity contribution in [2.24, 2.45) is 0 Å². The SMILES string of the molecule is CCc1ccc2c(c1)C(=O)C(=O)N2CCCOCCOC. The molecular weight excluding hydrogens is 270 g/mol. The minimum atomic E-state index is -0.435. The molecule has 1 amide bonds. The Bertz CT molecular complexity index is 527. The smallest absolute Gasteiger partial charge is 0.299 e. The Labute approximate surface area is 124 Å². The summed E-state index contributed by atoms with van der Waals surface area (Å²) in [4.78, 5) is 25.6. The van der Waals surface area contributed by atoms with Crippen LogP contribution in [-0.4, -0.2) is 45.2 Å². The lowest BCUT2D eigenvalue weighted by Gasteiger charge is -2.16. The number of Topliss-reactive ketones (excluding diaryl/α,β-unsaturated/α-hetero) is 1. The fourth-order valence-corrected chi connectivity index (χ4v) is 2.36. The van der Waals surface area contributed by atoms with Crippen molar-refractivity contribution in [2.45, 2.75) is 19.8 Å². The summed E-state index contributed by atoms with van der Waals surface area (Å²) in [6.45, 7) is 4.17. The number of hydrogen-bond acceptors (Lipinski definition) is 4. The molecule has 1 heterocycles. The zero-order valence-electron chi connectivity index (χ0n) is 12.6. The van der Waals surface area contributed by atoms with Gasteiger partial charge in [-0.05, 0) is 30.5 Å². The highest BCUT2D eigenvalue weighted by Gasteiger charge is 2.35. The van der Waals surface area contributed by atoms with Gasteiger partial charge in [-0.15, -0.1) is 0 Å². The highest BCUT2D eigenvalue weighted by molar-refractivity contribution is 6.52. The number of carbonyl (C=O) groups excluding carboxylic acids is 2. The second kappa shape index (κ2) is 7.33. The number of rotatable bonds is 8. The van der Waals surface area contributed by atoms with Gasteiger partial charge in [0.1, 0.15) is 0 Å². The van der Waals surface area contributed by atoms with Gasteiger partial charge in [0.2, 0.25) is 0 Å².